The fraction of sp³-hybridized carbons (Fsp3) is 0.286. The molecule has 0 aromatic carbocycles. The molecule has 0 N–H and O–H groups in total. The smallest absolute Gasteiger partial charge is 0.256 e. The number of aromatic nitrogens is 1. The molecule has 1 aromatic heterocycles. The van der Waals surface area contributed by atoms with Gasteiger partial charge in [0.25, 0.3) is 0 Å². The third-order valence-corrected chi connectivity index (χ3v) is 1.67. The van der Waals surface area contributed by atoms with E-state index in [0.29, 0.717) is 5.69 Å². The minimum absolute atomic E-state index is 0.217. The molecule has 6 heteroatoms. The Balaban J connectivity index is 2.47. The van der Waals surface area contributed by atoms with Crippen LogP contribution in [0.1, 0.15) is 11.3 Å². The van der Waals surface area contributed by atoms with E-state index in [0.717, 1.165) is 12.3 Å². The van der Waals surface area contributed by atoms with Crippen molar-refractivity contribution in [2.24, 2.45) is 10.2 Å². The van der Waals surface area contributed by atoms with Crippen LogP contribution in [0.5, 0.6) is 0 Å². The second-order valence-electron chi connectivity index (χ2n) is 2.59. The van der Waals surface area contributed by atoms with Crippen LogP contribution in [0.15, 0.2) is 22.5 Å². The van der Waals surface area contributed by atoms with E-state index in [-0.39, 0.29) is 12.2 Å². The van der Waals surface area contributed by atoms with Gasteiger partial charge in [0, 0.05) is 6.20 Å². The van der Waals surface area contributed by atoms with Crippen LogP contribution in [0.4, 0.5) is 18.9 Å². The van der Waals surface area contributed by atoms with Crippen LogP contribution < -0.4 is 0 Å². The summed E-state index contributed by atoms with van der Waals surface area (Å²) in [4.78, 5) is 3.62. The maximum absolute atomic E-state index is 12.1. The quantitative estimate of drug-likeness (QED) is 0.615. The molecule has 1 aliphatic heterocycles. The zero-order valence-corrected chi connectivity index (χ0v) is 6.34. The van der Waals surface area contributed by atoms with Gasteiger partial charge in [-0.1, -0.05) is 0 Å². The van der Waals surface area contributed by atoms with E-state index >= 15 is 0 Å². The summed E-state index contributed by atoms with van der Waals surface area (Å²) in [6, 6.07) is 0.957. The van der Waals surface area contributed by atoms with Crippen molar-refractivity contribution in [3.8, 4) is 0 Å². The highest BCUT2D eigenvalue weighted by Gasteiger charge is 2.32. The number of alkyl halides is 3. The summed E-state index contributed by atoms with van der Waals surface area (Å²) in [6.07, 6.45) is -3.56. The van der Waals surface area contributed by atoms with E-state index in [9.17, 15) is 13.2 Å². The van der Waals surface area contributed by atoms with Gasteiger partial charge in [-0.05, 0) is 6.07 Å². The maximum atomic E-state index is 12.1. The van der Waals surface area contributed by atoms with Crippen LogP contribution >= 0.6 is 0 Å². The third kappa shape index (κ3) is 1.39. The van der Waals surface area contributed by atoms with Crippen molar-refractivity contribution in [3.05, 3.63) is 23.5 Å². The largest absolute Gasteiger partial charge is 0.417 e. The van der Waals surface area contributed by atoms with Crippen molar-refractivity contribution in [3.63, 3.8) is 0 Å². The Bertz CT molecular complexity index is 370. The molecule has 0 saturated carbocycles. The van der Waals surface area contributed by atoms with Crippen molar-refractivity contribution in [2.75, 3.05) is 0 Å². The molecule has 0 fully saturated rings. The van der Waals surface area contributed by atoms with Gasteiger partial charge in [-0.3, -0.25) is 4.98 Å². The van der Waals surface area contributed by atoms with E-state index < -0.39 is 11.7 Å². The summed E-state index contributed by atoms with van der Waals surface area (Å²) in [5.74, 6) is 0. The molecule has 3 nitrogen and oxygen atoms in total. The fourth-order valence-electron chi connectivity index (χ4n) is 1.02. The topological polar surface area (TPSA) is 37.6 Å². The van der Waals surface area contributed by atoms with Gasteiger partial charge in [0.2, 0.25) is 0 Å². The summed E-state index contributed by atoms with van der Waals surface area (Å²) < 4.78 is 36.4. The first kappa shape index (κ1) is 8.15. The van der Waals surface area contributed by atoms with Crippen LogP contribution in [-0.2, 0) is 12.7 Å². The summed E-state index contributed by atoms with van der Waals surface area (Å²) in [6.45, 7) is 0.271. The lowest BCUT2D eigenvalue weighted by atomic mass is 10.2. The predicted molar refractivity (Wildman–Crippen MR) is 37.5 cm³/mol. The first-order valence-corrected chi connectivity index (χ1v) is 3.51. The Labute approximate surface area is 71.3 Å². The molecule has 68 valence electrons. The number of hydrogen-bond acceptors (Lipinski definition) is 3. The summed E-state index contributed by atoms with van der Waals surface area (Å²) in [7, 11) is 0. The molecule has 0 radical (unpaired) electrons. The number of halogens is 3. The third-order valence-electron chi connectivity index (χ3n) is 1.67. The molecule has 0 unspecified atom stereocenters. The summed E-state index contributed by atoms with van der Waals surface area (Å²) in [5.41, 5.74) is -0.0741. The molecule has 0 aliphatic carbocycles. The van der Waals surface area contributed by atoms with Crippen molar-refractivity contribution in [1.29, 1.82) is 0 Å². The molecule has 1 aromatic rings. The molecule has 0 saturated heterocycles. The normalized spacial score (nSPS) is 14.7. The standard InChI is InChI=1S/C7H4F3N3/c8-7(9,10)4-1-5-6(11-2-4)3-12-13-5/h1-2H,3H2. The number of hydrogen-bond donors (Lipinski definition) is 0. The minimum atomic E-state index is -4.36. The molecule has 0 amide bonds. The molecule has 0 atom stereocenters. The van der Waals surface area contributed by atoms with E-state index in [1.807, 2.05) is 0 Å². The second kappa shape index (κ2) is 2.51. The van der Waals surface area contributed by atoms with Gasteiger partial charge in [0.1, 0.15) is 12.2 Å². The van der Waals surface area contributed by atoms with Crippen molar-refractivity contribution in [2.45, 2.75) is 12.7 Å². The Morgan fingerprint density at radius 2 is 2.08 bits per heavy atom. The van der Waals surface area contributed by atoms with E-state index in [1.165, 1.54) is 0 Å². The van der Waals surface area contributed by atoms with Crippen LogP contribution in [0.3, 0.4) is 0 Å². The Kier molecular flexibility index (Phi) is 1.58. The zero-order chi connectivity index (χ0) is 9.47. The first-order chi connectivity index (χ1) is 6.07. The lowest BCUT2D eigenvalue weighted by Crippen LogP contribution is -2.05. The van der Waals surface area contributed by atoms with Crippen molar-refractivity contribution in [1.82, 2.24) is 4.98 Å². The molecule has 13 heavy (non-hydrogen) atoms. The van der Waals surface area contributed by atoms with Gasteiger partial charge in [-0.15, -0.1) is 0 Å². The Morgan fingerprint density at radius 3 is 2.77 bits per heavy atom. The van der Waals surface area contributed by atoms with Crippen LogP contribution in [-0.4, -0.2) is 4.98 Å². The first-order valence-electron chi connectivity index (χ1n) is 3.51. The average molecular weight is 187 g/mol. The lowest BCUT2D eigenvalue weighted by molar-refractivity contribution is -0.137. The number of azo groups is 1. The van der Waals surface area contributed by atoms with Gasteiger partial charge in [0.15, 0.2) is 0 Å². The molecule has 0 bridgehead atoms. The number of rotatable bonds is 0. The van der Waals surface area contributed by atoms with Gasteiger partial charge < -0.3 is 0 Å². The van der Waals surface area contributed by atoms with Crippen molar-refractivity contribution >= 4 is 5.69 Å². The highest BCUT2D eigenvalue weighted by atomic mass is 19.4. The zero-order valence-electron chi connectivity index (χ0n) is 6.34. The molecular formula is C7H4F3N3. The van der Waals surface area contributed by atoms with E-state index in [4.69, 9.17) is 0 Å². The van der Waals surface area contributed by atoms with Crippen molar-refractivity contribution < 1.29 is 13.2 Å². The highest BCUT2D eigenvalue weighted by molar-refractivity contribution is 5.45. The molecule has 2 heterocycles. The van der Waals surface area contributed by atoms with Gasteiger partial charge >= 0.3 is 6.18 Å². The van der Waals surface area contributed by atoms with Gasteiger partial charge in [-0.25, -0.2) is 0 Å². The summed E-state index contributed by atoms with van der Waals surface area (Å²) in [5, 5.41) is 7.11. The van der Waals surface area contributed by atoms with Gasteiger partial charge in [-0.2, -0.15) is 23.4 Å². The van der Waals surface area contributed by atoms with Crippen LogP contribution in [0.2, 0.25) is 0 Å². The average Bonchev–Trinajstić information content (AvgIpc) is 2.47. The minimum Gasteiger partial charge on any atom is -0.256 e. The van der Waals surface area contributed by atoms with Crippen LogP contribution in [0, 0.1) is 0 Å². The fourth-order valence-corrected chi connectivity index (χ4v) is 1.02. The van der Waals surface area contributed by atoms with Gasteiger partial charge in [0.05, 0.1) is 11.3 Å². The Morgan fingerprint density at radius 1 is 1.31 bits per heavy atom. The Hall–Kier alpha value is -1.46. The highest BCUT2D eigenvalue weighted by Crippen LogP contribution is 2.33. The molecule has 2 rings (SSSR count). The monoisotopic (exact) mass is 187 g/mol. The second-order valence-corrected chi connectivity index (χ2v) is 2.59. The number of nitrogens with zero attached hydrogens (tertiary/aromatic N) is 3. The SMILES string of the molecule is FC(F)(F)c1cnc2c(c1)N=NC2. The molecule has 0 spiro atoms. The molecule has 1 aliphatic rings. The summed E-state index contributed by atoms with van der Waals surface area (Å²) >= 11 is 0. The van der Waals surface area contributed by atoms with Crippen LogP contribution in [0.25, 0.3) is 0 Å². The maximum Gasteiger partial charge on any atom is 0.417 e. The van der Waals surface area contributed by atoms with E-state index in [2.05, 4.69) is 15.2 Å². The predicted octanol–water partition coefficient (Wildman–Crippen LogP) is 2.70. The lowest BCUT2D eigenvalue weighted by Gasteiger charge is -2.05. The number of fused-ring (bicyclic) bond motifs is 1. The number of pyridine rings is 1. The van der Waals surface area contributed by atoms with E-state index in [1.54, 1.807) is 0 Å². The molecular weight excluding hydrogens is 183 g/mol.